The first kappa shape index (κ1) is 31.5. The van der Waals surface area contributed by atoms with E-state index in [9.17, 15) is 53.6 Å². The number of nitrogens with zero attached hydrogens (tertiary/aromatic N) is 2. The molecule has 0 unspecified atom stereocenters. The van der Waals surface area contributed by atoms with Crippen LogP contribution in [-0.4, -0.2) is 18.2 Å². The van der Waals surface area contributed by atoms with Crippen molar-refractivity contribution < 1.29 is 48.0 Å². The topological polar surface area (TPSA) is 93.1 Å². The third-order valence-electron chi connectivity index (χ3n) is 6.43. The van der Waals surface area contributed by atoms with E-state index in [1.165, 1.54) is 19.9 Å². The molecule has 15 heteroatoms. The predicted octanol–water partition coefficient (Wildman–Crippen LogP) is 7.19. The Bertz CT molecular complexity index is 1930. The van der Waals surface area contributed by atoms with Crippen molar-refractivity contribution >= 4 is 9.84 Å². The molecule has 0 saturated carbocycles. The lowest BCUT2D eigenvalue weighted by molar-refractivity contribution is -0.138. The molecule has 2 heterocycles. The van der Waals surface area contributed by atoms with Crippen molar-refractivity contribution in [3.8, 4) is 28.7 Å². The number of rotatable bonds is 6. The summed E-state index contributed by atoms with van der Waals surface area (Å²) in [6.45, 7) is 1.73. The van der Waals surface area contributed by atoms with Gasteiger partial charge in [0.2, 0.25) is 0 Å². The Morgan fingerprint density at radius 3 is 2.16 bits per heavy atom. The summed E-state index contributed by atoms with van der Waals surface area (Å²) in [7, 11) is -4.21. The first-order chi connectivity index (χ1) is 19.8. The maximum atomic E-state index is 14.4. The lowest BCUT2D eigenvalue weighted by Gasteiger charge is -2.16. The maximum Gasteiger partial charge on any atom is 0.417 e. The van der Waals surface area contributed by atoms with Gasteiger partial charge in [-0.05, 0) is 55.8 Å². The largest absolute Gasteiger partial charge is 0.462 e. The van der Waals surface area contributed by atoms with Crippen LogP contribution in [-0.2, 0) is 28.7 Å². The van der Waals surface area contributed by atoms with Gasteiger partial charge in [0, 0.05) is 17.2 Å². The average Bonchev–Trinajstić information content (AvgIpc) is 3.39. The van der Waals surface area contributed by atoms with Gasteiger partial charge in [-0.2, -0.15) is 31.6 Å². The van der Waals surface area contributed by atoms with Crippen molar-refractivity contribution in [1.29, 1.82) is 5.26 Å². The molecule has 226 valence electrons. The Balaban J connectivity index is 1.97. The fourth-order valence-electron chi connectivity index (χ4n) is 4.15. The molecule has 0 amide bonds. The fourth-order valence-corrected chi connectivity index (χ4v) is 5.27. The summed E-state index contributed by atoms with van der Waals surface area (Å²) in [5.74, 6) is -2.65. The Kier molecular flexibility index (Phi) is 8.05. The van der Waals surface area contributed by atoms with Gasteiger partial charge in [0.15, 0.2) is 15.6 Å². The highest BCUT2D eigenvalue weighted by molar-refractivity contribution is 7.92. The molecular formula is C28H18F8N2O4S. The Labute approximate surface area is 238 Å². The molecule has 0 bridgehead atoms. The zero-order chi connectivity index (χ0) is 32.1. The van der Waals surface area contributed by atoms with Crippen LogP contribution in [0.4, 0.5) is 35.1 Å². The van der Waals surface area contributed by atoms with E-state index in [-0.39, 0.29) is 16.7 Å². The minimum absolute atomic E-state index is 0.203. The van der Waals surface area contributed by atoms with Crippen LogP contribution in [0.25, 0.3) is 22.6 Å². The molecule has 0 radical (unpaired) electrons. The summed E-state index contributed by atoms with van der Waals surface area (Å²) in [4.78, 5) is 12.4. The molecule has 0 atom stereocenters. The van der Waals surface area contributed by atoms with E-state index in [2.05, 4.69) is 0 Å². The smallest absolute Gasteiger partial charge is 0.417 e. The van der Waals surface area contributed by atoms with Crippen LogP contribution in [0.3, 0.4) is 0 Å². The second kappa shape index (κ2) is 11.0. The number of alkyl halides is 6. The van der Waals surface area contributed by atoms with Crippen molar-refractivity contribution in [2.45, 2.75) is 42.9 Å². The summed E-state index contributed by atoms with van der Waals surface area (Å²) in [5.41, 5.74) is -7.33. The van der Waals surface area contributed by atoms with Gasteiger partial charge >= 0.3 is 12.4 Å². The quantitative estimate of drug-likeness (QED) is 0.210. The van der Waals surface area contributed by atoms with Crippen LogP contribution in [0.5, 0.6) is 0 Å². The average molecular weight is 631 g/mol. The second-order valence-corrected chi connectivity index (χ2v) is 12.1. The third kappa shape index (κ3) is 6.19. The Morgan fingerprint density at radius 2 is 1.60 bits per heavy atom. The van der Waals surface area contributed by atoms with Crippen LogP contribution >= 0.6 is 0 Å². The third-order valence-corrected chi connectivity index (χ3v) is 8.56. The Hall–Kier alpha value is -4.45. The minimum Gasteiger partial charge on any atom is -0.462 e. The van der Waals surface area contributed by atoms with Crippen LogP contribution in [0, 0.1) is 23.0 Å². The van der Waals surface area contributed by atoms with Gasteiger partial charge in [-0.15, -0.1) is 0 Å². The minimum atomic E-state index is -5.21. The summed E-state index contributed by atoms with van der Waals surface area (Å²) in [5, 5.41) is 8.24. The van der Waals surface area contributed by atoms with Crippen molar-refractivity contribution in [1.82, 2.24) is 4.57 Å². The van der Waals surface area contributed by atoms with Crippen LogP contribution in [0.1, 0.15) is 36.1 Å². The van der Waals surface area contributed by atoms with E-state index in [1.807, 2.05) is 0 Å². The van der Waals surface area contributed by atoms with Crippen molar-refractivity contribution in [3.05, 3.63) is 99.0 Å². The molecule has 4 aromatic rings. The molecule has 6 nitrogen and oxygen atoms in total. The zero-order valence-electron chi connectivity index (χ0n) is 21.9. The maximum absolute atomic E-state index is 14.4. The molecule has 0 aliphatic carbocycles. The van der Waals surface area contributed by atoms with Crippen LogP contribution < -0.4 is 5.56 Å². The number of halogens is 8. The highest BCUT2D eigenvalue weighted by atomic mass is 32.2. The van der Waals surface area contributed by atoms with Gasteiger partial charge in [-0.1, -0.05) is 6.07 Å². The van der Waals surface area contributed by atoms with Gasteiger partial charge in [0.05, 0.1) is 39.8 Å². The summed E-state index contributed by atoms with van der Waals surface area (Å²) in [6, 6.07) is 6.73. The van der Waals surface area contributed by atoms with E-state index in [1.54, 1.807) is 0 Å². The highest BCUT2D eigenvalue weighted by Crippen LogP contribution is 2.38. The van der Waals surface area contributed by atoms with Gasteiger partial charge in [-0.25, -0.2) is 17.2 Å². The molecule has 0 aliphatic heterocycles. The molecule has 4 rings (SSSR count). The number of sulfone groups is 1. The summed E-state index contributed by atoms with van der Waals surface area (Å²) >= 11 is 0. The predicted molar refractivity (Wildman–Crippen MR) is 136 cm³/mol. The second-order valence-electron chi connectivity index (χ2n) is 9.59. The van der Waals surface area contributed by atoms with Crippen molar-refractivity contribution in [2.24, 2.45) is 0 Å². The van der Waals surface area contributed by atoms with Gasteiger partial charge in [0.1, 0.15) is 23.3 Å². The monoisotopic (exact) mass is 630 g/mol. The van der Waals surface area contributed by atoms with E-state index >= 15 is 0 Å². The first-order valence-corrected chi connectivity index (χ1v) is 13.6. The first-order valence-electron chi connectivity index (χ1n) is 12.1. The number of benzene rings is 2. The van der Waals surface area contributed by atoms with Crippen molar-refractivity contribution in [3.63, 3.8) is 0 Å². The van der Waals surface area contributed by atoms with E-state index in [4.69, 9.17) is 4.42 Å². The molecule has 0 N–H and O–H groups in total. The summed E-state index contributed by atoms with van der Waals surface area (Å²) < 4.78 is 142. The molecule has 2 aromatic heterocycles. The number of hydrogen-bond acceptors (Lipinski definition) is 5. The SMILES string of the molecule is CC(C)S(=O)(=O)c1cc(-c2coc(-c3cc(C(F)(F)F)c(C#N)c(=O)n3Cc3ccc(F)cc3F)c2)cc(C(F)(F)F)c1. The molecule has 0 saturated heterocycles. The standard InChI is InChI=1S/C28H18F8N2O4S/c1-14(2)43(40,41)20-6-16(5-18(8-20)27(31,32)33)17-7-25(42-13-17)24-10-22(28(34,35)36)21(11-37)26(39)38(24)12-15-3-4-19(29)9-23(15)30/h3-10,13-14H,12H2,1-2H3. The number of nitriles is 1. The van der Waals surface area contributed by atoms with Gasteiger partial charge < -0.3 is 4.42 Å². The molecule has 0 aliphatic rings. The molecule has 43 heavy (non-hydrogen) atoms. The molecular weight excluding hydrogens is 612 g/mol. The zero-order valence-corrected chi connectivity index (χ0v) is 22.8. The highest BCUT2D eigenvalue weighted by Gasteiger charge is 2.37. The molecule has 0 spiro atoms. The fraction of sp³-hybridized carbons (Fsp3) is 0.214. The van der Waals surface area contributed by atoms with E-state index in [0.717, 1.165) is 30.5 Å². The lowest BCUT2D eigenvalue weighted by atomic mass is 10.0. The van der Waals surface area contributed by atoms with E-state index < -0.39 is 84.2 Å². The van der Waals surface area contributed by atoms with Crippen LogP contribution in [0.2, 0.25) is 0 Å². The summed E-state index contributed by atoms with van der Waals surface area (Å²) in [6.07, 6.45) is -9.36. The van der Waals surface area contributed by atoms with Gasteiger partial charge in [0.25, 0.3) is 5.56 Å². The van der Waals surface area contributed by atoms with Crippen LogP contribution in [0.15, 0.2) is 68.9 Å². The Morgan fingerprint density at radius 1 is 0.930 bits per heavy atom. The number of aromatic nitrogens is 1. The number of furan rings is 1. The van der Waals surface area contributed by atoms with E-state index in [0.29, 0.717) is 28.8 Å². The normalized spacial score (nSPS) is 12.5. The van der Waals surface area contributed by atoms with Gasteiger partial charge in [-0.3, -0.25) is 9.36 Å². The number of hydrogen-bond donors (Lipinski definition) is 0. The molecule has 0 fully saturated rings. The number of pyridine rings is 1. The lowest BCUT2D eigenvalue weighted by Crippen LogP contribution is -2.29. The van der Waals surface area contributed by atoms with Crippen molar-refractivity contribution in [2.75, 3.05) is 0 Å². The molecule has 2 aromatic carbocycles.